The van der Waals surface area contributed by atoms with Gasteiger partial charge in [-0.15, -0.1) is 0 Å². The zero-order valence-electron chi connectivity index (χ0n) is 17.5. The van der Waals surface area contributed by atoms with Gasteiger partial charge in [0.05, 0.1) is 13.7 Å². The van der Waals surface area contributed by atoms with Gasteiger partial charge in [-0.1, -0.05) is 6.07 Å². The van der Waals surface area contributed by atoms with Gasteiger partial charge in [0, 0.05) is 33.4 Å². The van der Waals surface area contributed by atoms with E-state index in [1.807, 2.05) is 13.0 Å². The van der Waals surface area contributed by atoms with Crippen molar-refractivity contribution in [3.8, 4) is 11.5 Å². The van der Waals surface area contributed by atoms with Gasteiger partial charge in [0.25, 0.3) is 0 Å². The lowest BCUT2D eigenvalue weighted by atomic mass is 10.1. The number of aliphatic imine (C=N–C) groups is 1. The number of hydrogen-bond acceptors (Lipinski definition) is 4. The Morgan fingerprint density at radius 2 is 1.85 bits per heavy atom. The van der Waals surface area contributed by atoms with Crippen molar-refractivity contribution in [3.05, 3.63) is 23.8 Å². The average molecular weight is 380 g/mol. The summed E-state index contributed by atoms with van der Waals surface area (Å²) >= 11 is 0. The van der Waals surface area contributed by atoms with Crippen molar-refractivity contribution >= 4 is 5.96 Å². The molecule has 0 unspecified atom stereocenters. The number of hydrogen-bond donors (Lipinski definition) is 2. The Morgan fingerprint density at radius 1 is 1.00 bits per heavy atom. The average Bonchev–Trinajstić information content (AvgIpc) is 2.68. The van der Waals surface area contributed by atoms with E-state index in [0.717, 1.165) is 69.4 Å². The molecule has 154 valence electrons. The van der Waals surface area contributed by atoms with Gasteiger partial charge in [0.1, 0.15) is 0 Å². The van der Waals surface area contributed by atoms with Crippen LogP contribution in [0.1, 0.15) is 45.1 Å². The number of benzene rings is 1. The molecule has 27 heavy (non-hydrogen) atoms. The van der Waals surface area contributed by atoms with Gasteiger partial charge in [0.15, 0.2) is 17.5 Å². The lowest BCUT2D eigenvalue weighted by Gasteiger charge is -2.12. The third kappa shape index (κ3) is 10.1. The summed E-state index contributed by atoms with van der Waals surface area (Å²) in [6.45, 7) is 8.13. The van der Waals surface area contributed by atoms with Crippen molar-refractivity contribution < 1.29 is 14.2 Å². The summed E-state index contributed by atoms with van der Waals surface area (Å²) in [7, 11) is 3.41. The Kier molecular flexibility index (Phi) is 12.9. The molecule has 0 aliphatic carbocycles. The first-order valence-corrected chi connectivity index (χ1v) is 10.1. The van der Waals surface area contributed by atoms with Crippen LogP contribution in [-0.2, 0) is 11.2 Å². The quantitative estimate of drug-likeness (QED) is 0.295. The van der Waals surface area contributed by atoms with Crippen LogP contribution in [0.15, 0.2) is 23.2 Å². The van der Waals surface area contributed by atoms with Crippen molar-refractivity contribution in [2.45, 2.75) is 46.0 Å². The maximum absolute atomic E-state index is 5.64. The number of guanidine groups is 1. The number of aryl methyl sites for hydroxylation is 1. The van der Waals surface area contributed by atoms with Gasteiger partial charge >= 0.3 is 0 Å². The Hall–Kier alpha value is -1.95. The monoisotopic (exact) mass is 379 g/mol. The highest BCUT2D eigenvalue weighted by Crippen LogP contribution is 2.28. The molecule has 6 nitrogen and oxygen atoms in total. The molecule has 6 heteroatoms. The van der Waals surface area contributed by atoms with E-state index in [1.54, 1.807) is 14.2 Å². The molecular formula is C21H37N3O3. The standard InChI is InChI=1S/C21H37N3O3/c1-5-22-21(23-14-8-7-9-16-25-3)24-15-10-11-18-12-13-19(26-4)20(17-18)27-6-2/h12-13,17H,5-11,14-16H2,1-4H3,(H2,22,23,24). The van der Waals surface area contributed by atoms with E-state index in [1.165, 1.54) is 12.0 Å². The molecular weight excluding hydrogens is 342 g/mol. The summed E-state index contributed by atoms with van der Waals surface area (Å²) in [4.78, 5) is 4.67. The van der Waals surface area contributed by atoms with E-state index in [0.29, 0.717) is 6.61 Å². The second kappa shape index (κ2) is 15.1. The molecule has 0 bridgehead atoms. The summed E-state index contributed by atoms with van der Waals surface area (Å²) in [6, 6.07) is 6.13. The van der Waals surface area contributed by atoms with Crippen molar-refractivity contribution in [3.63, 3.8) is 0 Å². The third-order valence-electron chi connectivity index (χ3n) is 4.08. The molecule has 0 fully saturated rings. The molecule has 0 heterocycles. The third-order valence-corrected chi connectivity index (χ3v) is 4.08. The highest BCUT2D eigenvalue weighted by molar-refractivity contribution is 5.79. The minimum absolute atomic E-state index is 0.632. The molecule has 2 N–H and O–H groups in total. The van der Waals surface area contributed by atoms with Crippen LogP contribution >= 0.6 is 0 Å². The molecule has 0 amide bonds. The van der Waals surface area contributed by atoms with Crippen LogP contribution in [0.2, 0.25) is 0 Å². The number of unbranched alkanes of at least 4 members (excludes halogenated alkanes) is 2. The van der Waals surface area contributed by atoms with Crippen molar-refractivity contribution in [1.29, 1.82) is 0 Å². The zero-order valence-corrected chi connectivity index (χ0v) is 17.5. The molecule has 1 aromatic rings. The Bertz CT molecular complexity index is 535. The first-order valence-electron chi connectivity index (χ1n) is 10.1. The lowest BCUT2D eigenvalue weighted by Crippen LogP contribution is -2.37. The second-order valence-electron chi connectivity index (χ2n) is 6.26. The first kappa shape index (κ1) is 23.1. The summed E-state index contributed by atoms with van der Waals surface area (Å²) in [5.41, 5.74) is 1.24. The van der Waals surface area contributed by atoms with Gasteiger partial charge in [0.2, 0.25) is 0 Å². The van der Waals surface area contributed by atoms with E-state index in [-0.39, 0.29) is 0 Å². The van der Waals surface area contributed by atoms with Crippen LogP contribution in [0.25, 0.3) is 0 Å². The van der Waals surface area contributed by atoms with Crippen LogP contribution in [0.3, 0.4) is 0 Å². The molecule has 1 rings (SSSR count). The molecule has 0 atom stereocenters. The van der Waals surface area contributed by atoms with Gasteiger partial charge < -0.3 is 24.8 Å². The fraction of sp³-hybridized carbons (Fsp3) is 0.667. The molecule has 0 saturated carbocycles. The lowest BCUT2D eigenvalue weighted by molar-refractivity contribution is 0.192. The van der Waals surface area contributed by atoms with Gasteiger partial charge in [-0.05, 0) is 63.6 Å². The molecule has 0 aromatic heterocycles. The maximum Gasteiger partial charge on any atom is 0.191 e. The van der Waals surface area contributed by atoms with Crippen molar-refractivity contribution in [2.75, 3.05) is 47.1 Å². The Balaban J connectivity index is 2.39. The SMILES string of the molecule is CCNC(=NCCCc1ccc(OC)c(OCC)c1)NCCCCCOC. The van der Waals surface area contributed by atoms with Crippen molar-refractivity contribution in [1.82, 2.24) is 10.6 Å². The first-order chi connectivity index (χ1) is 13.2. The summed E-state index contributed by atoms with van der Waals surface area (Å²) in [5, 5.41) is 6.70. The normalized spacial score (nSPS) is 11.3. The molecule has 0 aliphatic rings. The summed E-state index contributed by atoms with van der Waals surface area (Å²) < 4.78 is 16.1. The smallest absolute Gasteiger partial charge is 0.191 e. The summed E-state index contributed by atoms with van der Waals surface area (Å²) in [6.07, 6.45) is 5.35. The predicted octanol–water partition coefficient (Wildman–Crippen LogP) is 3.40. The van der Waals surface area contributed by atoms with E-state index >= 15 is 0 Å². The minimum Gasteiger partial charge on any atom is -0.493 e. The number of rotatable bonds is 14. The van der Waals surface area contributed by atoms with E-state index in [4.69, 9.17) is 14.2 Å². The Morgan fingerprint density at radius 3 is 2.56 bits per heavy atom. The number of ether oxygens (including phenoxy) is 3. The van der Waals surface area contributed by atoms with E-state index < -0.39 is 0 Å². The summed E-state index contributed by atoms with van der Waals surface area (Å²) in [5.74, 6) is 2.49. The van der Waals surface area contributed by atoms with Gasteiger partial charge in [-0.3, -0.25) is 4.99 Å². The molecule has 0 radical (unpaired) electrons. The van der Waals surface area contributed by atoms with Crippen LogP contribution in [0, 0.1) is 0 Å². The van der Waals surface area contributed by atoms with Crippen molar-refractivity contribution in [2.24, 2.45) is 4.99 Å². The minimum atomic E-state index is 0.632. The number of nitrogens with zero attached hydrogens (tertiary/aromatic N) is 1. The van der Waals surface area contributed by atoms with E-state index in [9.17, 15) is 0 Å². The highest BCUT2D eigenvalue weighted by atomic mass is 16.5. The molecule has 1 aromatic carbocycles. The number of methoxy groups -OCH3 is 2. The molecule has 0 aliphatic heterocycles. The highest BCUT2D eigenvalue weighted by Gasteiger charge is 2.05. The van der Waals surface area contributed by atoms with Crippen LogP contribution < -0.4 is 20.1 Å². The predicted molar refractivity (Wildman–Crippen MR) is 112 cm³/mol. The maximum atomic E-state index is 5.64. The topological polar surface area (TPSA) is 64.1 Å². The van der Waals surface area contributed by atoms with Crippen LogP contribution in [0.5, 0.6) is 11.5 Å². The Labute approximate surface area is 164 Å². The fourth-order valence-electron chi connectivity index (χ4n) is 2.72. The molecule has 0 spiro atoms. The van der Waals surface area contributed by atoms with Gasteiger partial charge in [-0.2, -0.15) is 0 Å². The zero-order chi connectivity index (χ0) is 19.7. The van der Waals surface area contributed by atoms with Crippen LogP contribution in [-0.4, -0.2) is 53.0 Å². The second-order valence-corrected chi connectivity index (χ2v) is 6.26. The van der Waals surface area contributed by atoms with Crippen LogP contribution in [0.4, 0.5) is 0 Å². The molecule has 0 saturated heterocycles. The van der Waals surface area contributed by atoms with Gasteiger partial charge in [-0.25, -0.2) is 0 Å². The fourth-order valence-corrected chi connectivity index (χ4v) is 2.72. The van der Waals surface area contributed by atoms with E-state index in [2.05, 4.69) is 34.7 Å². The largest absolute Gasteiger partial charge is 0.493 e. The number of nitrogens with one attached hydrogen (secondary N) is 2.